The average molecular weight is 351 g/mol. The molecule has 0 unspecified atom stereocenters. The van der Waals surface area contributed by atoms with Crippen LogP contribution in [0.4, 0.5) is 0 Å². The Bertz CT molecular complexity index is 649. The molecule has 10 nitrogen and oxygen atoms in total. The summed E-state index contributed by atoms with van der Waals surface area (Å²) < 4.78 is 9.80. The number of hydrogen-bond donors (Lipinski definition) is 2. The maximum Gasteiger partial charge on any atom is 0.290 e. The van der Waals surface area contributed by atoms with E-state index in [1.54, 1.807) is 6.07 Å². The Labute approximate surface area is 144 Å². The molecular formula is C15H21N5O5. The summed E-state index contributed by atoms with van der Waals surface area (Å²) in [5, 5.41) is 17.2. The van der Waals surface area contributed by atoms with Crippen molar-refractivity contribution in [1.29, 1.82) is 0 Å². The first-order valence-corrected chi connectivity index (χ1v) is 7.90. The number of hydrogen-bond acceptors (Lipinski definition) is 8. The second-order valence-electron chi connectivity index (χ2n) is 5.65. The van der Waals surface area contributed by atoms with Gasteiger partial charge in [0, 0.05) is 12.6 Å². The molecule has 10 heteroatoms. The maximum absolute atomic E-state index is 11.8. The van der Waals surface area contributed by atoms with Crippen LogP contribution in [0, 0.1) is 12.8 Å². The Morgan fingerprint density at radius 1 is 1.44 bits per heavy atom. The largest absolute Gasteiger partial charge is 0.483 e. The third-order valence-electron chi connectivity index (χ3n) is 3.86. The van der Waals surface area contributed by atoms with Gasteiger partial charge in [0.15, 0.2) is 11.5 Å². The first-order valence-electron chi connectivity index (χ1n) is 7.90. The van der Waals surface area contributed by atoms with Crippen LogP contribution in [0.3, 0.4) is 0 Å². The Morgan fingerprint density at radius 2 is 2.16 bits per heavy atom. The fraction of sp³-hybridized carbons (Fsp3) is 0.533. The zero-order chi connectivity index (χ0) is 18.1. The molecule has 3 rings (SSSR count). The highest BCUT2D eigenvalue weighted by Gasteiger charge is 2.21. The van der Waals surface area contributed by atoms with Crippen molar-refractivity contribution >= 4 is 12.4 Å². The fourth-order valence-electron chi connectivity index (χ4n) is 2.60. The van der Waals surface area contributed by atoms with Gasteiger partial charge in [-0.15, -0.1) is 0 Å². The lowest BCUT2D eigenvalue weighted by Gasteiger charge is -2.30. The van der Waals surface area contributed by atoms with Gasteiger partial charge in [-0.2, -0.15) is 4.98 Å². The Balaban J connectivity index is 0.000000701. The smallest absolute Gasteiger partial charge is 0.290 e. The first kappa shape index (κ1) is 18.6. The van der Waals surface area contributed by atoms with E-state index >= 15 is 0 Å². The van der Waals surface area contributed by atoms with Crippen molar-refractivity contribution in [2.45, 2.75) is 26.3 Å². The predicted molar refractivity (Wildman–Crippen MR) is 84.6 cm³/mol. The lowest BCUT2D eigenvalue weighted by molar-refractivity contribution is -0.122. The fourth-order valence-corrected chi connectivity index (χ4v) is 2.60. The molecule has 25 heavy (non-hydrogen) atoms. The first-order chi connectivity index (χ1) is 12.1. The van der Waals surface area contributed by atoms with Crippen molar-refractivity contribution in [2.24, 2.45) is 5.92 Å². The molecule has 3 heterocycles. The molecule has 1 fully saturated rings. The second kappa shape index (κ2) is 9.52. The summed E-state index contributed by atoms with van der Waals surface area (Å²) in [6.07, 6.45) is 3.46. The van der Waals surface area contributed by atoms with Crippen LogP contribution >= 0.6 is 0 Å². The van der Waals surface area contributed by atoms with E-state index in [0.717, 1.165) is 25.9 Å². The van der Waals surface area contributed by atoms with E-state index in [0.29, 0.717) is 36.4 Å². The van der Waals surface area contributed by atoms with Gasteiger partial charge in [-0.05, 0) is 38.8 Å². The Hall–Kier alpha value is -2.75. The van der Waals surface area contributed by atoms with Crippen molar-refractivity contribution < 1.29 is 23.7 Å². The number of piperidine rings is 1. The molecule has 1 amide bonds. The predicted octanol–water partition coefficient (Wildman–Crippen LogP) is 0.709. The minimum absolute atomic E-state index is 0.183. The zero-order valence-corrected chi connectivity index (χ0v) is 13.9. The van der Waals surface area contributed by atoms with Crippen LogP contribution in [0.5, 0.6) is 0 Å². The minimum Gasteiger partial charge on any atom is -0.483 e. The second-order valence-corrected chi connectivity index (χ2v) is 5.65. The highest BCUT2D eigenvalue weighted by atomic mass is 16.5. The van der Waals surface area contributed by atoms with Gasteiger partial charge in [-0.25, -0.2) is 0 Å². The standard InChI is InChI=1S/C14H19N5O3.CH2O2/c1-10-16-13(22-17-10)9-19-5-2-11(3-6-19)8-15-14(20)12-4-7-21-18-12;2-1-3/h4,7,11H,2-3,5-6,8-9H2,1H3,(H,15,20);1H,(H,2,3). The molecule has 0 radical (unpaired) electrons. The monoisotopic (exact) mass is 351 g/mol. The molecule has 2 aromatic heterocycles. The van der Waals surface area contributed by atoms with E-state index < -0.39 is 0 Å². The maximum atomic E-state index is 11.8. The summed E-state index contributed by atoms with van der Waals surface area (Å²) in [5.41, 5.74) is 0.323. The van der Waals surface area contributed by atoms with E-state index in [9.17, 15) is 4.79 Å². The van der Waals surface area contributed by atoms with Crippen LogP contribution < -0.4 is 5.32 Å². The highest BCUT2D eigenvalue weighted by molar-refractivity contribution is 5.91. The van der Waals surface area contributed by atoms with Crippen molar-refractivity contribution in [3.63, 3.8) is 0 Å². The van der Waals surface area contributed by atoms with Crippen LogP contribution in [-0.2, 0) is 11.3 Å². The van der Waals surface area contributed by atoms with E-state index in [1.807, 2.05) is 6.92 Å². The third kappa shape index (κ3) is 5.99. The van der Waals surface area contributed by atoms with Crippen molar-refractivity contribution in [2.75, 3.05) is 19.6 Å². The lowest BCUT2D eigenvalue weighted by Crippen LogP contribution is -2.38. The summed E-state index contributed by atoms with van der Waals surface area (Å²) in [6.45, 7) is 4.85. The number of aryl methyl sites for hydroxylation is 1. The van der Waals surface area contributed by atoms with Crippen molar-refractivity contribution in [3.8, 4) is 0 Å². The summed E-state index contributed by atoms with van der Waals surface area (Å²) in [6, 6.07) is 1.56. The molecule has 0 saturated carbocycles. The average Bonchev–Trinajstić information content (AvgIpc) is 3.27. The molecule has 0 aliphatic carbocycles. The zero-order valence-electron chi connectivity index (χ0n) is 13.9. The number of amides is 1. The molecule has 2 aromatic rings. The summed E-state index contributed by atoms with van der Waals surface area (Å²) in [5.74, 6) is 1.63. The van der Waals surface area contributed by atoms with Gasteiger partial charge in [0.1, 0.15) is 6.26 Å². The molecule has 1 saturated heterocycles. The summed E-state index contributed by atoms with van der Waals surface area (Å²) >= 11 is 0. The number of carboxylic acid groups (broad SMARTS) is 1. The van der Waals surface area contributed by atoms with E-state index in [-0.39, 0.29) is 12.4 Å². The third-order valence-corrected chi connectivity index (χ3v) is 3.86. The molecule has 136 valence electrons. The topological polar surface area (TPSA) is 135 Å². The minimum atomic E-state index is -0.250. The highest BCUT2D eigenvalue weighted by Crippen LogP contribution is 2.18. The van der Waals surface area contributed by atoms with Crippen molar-refractivity contribution in [3.05, 3.63) is 29.7 Å². The van der Waals surface area contributed by atoms with Gasteiger partial charge < -0.3 is 19.5 Å². The van der Waals surface area contributed by atoms with Gasteiger partial charge in [0.25, 0.3) is 12.4 Å². The molecule has 1 aliphatic rings. The van der Waals surface area contributed by atoms with Gasteiger partial charge in [0.2, 0.25) is 5.89 Å². The summed E-state index contributed by atoms with van der Waals surface area (Å²) in [4.78, 5) is 26.7. The molecular weight excluding hydrogens is 330 g/mol. The lowest BCUT2D eigenvalue weighted by atomic mass is 9.97. The van der Waals surface area contributed by atoms with Crippen LogP contribution in [0.1, 0.15) is 35.0 Å². The van der Waals surface area contributed by atoms with Gasteiger partial charge in [-0.1, -0.05) is 10.3 Å². The summed E-state index contributed by atoms with van der Waals surface area (Å²) in [7, 11) is 0. The number of carbonyl (C=O) groups excluding carboxylic acids is 1. The normalized spacial score (nSPS) is 15.2. The number of nitrogens with zero attached hydrogens (tertiary/aromatic N) is 4. The molecule has 0 bridgehead atoms. The van der Waals surface area contributed by atoms with Gasteiger partial charge in [0.05, 0.1) is 6.54 Å². The van der Waals surface area contributed by atoms with E-state index in [2.05, 4.69) is 30.0 Å². The number of rotatable bonds is 5. The number of nitrogens with one attached hydrogen (secondary N) is 1. The van der Waals surface area contributed by atoms with Crippen molar-refractivity contribution in [1.82, 2.24) is 25.5 Å². The Morgan fingerprint density at radius 3 is 2.72 bits per heavy atom. The SMILES string of the molecule is Cc1noc(CN2CCC(CNC(=O)c3ccon3)CC2)n1.O=CO. The van der Waals surface area contributed by atoms with E-state index in [1.165, 1.54) is 6.26 Å². The van der Waals surface area contributed by atoms with Crippen LogP contribution in [-0.4, -0.2) is 57.3 Å². The number of aromatic nitrogens is 3. The molecule has 0 atom stereocenters. The van der Waals surface area contributed by atoms with E-state index in [4.69, 9.17) is 14.4 Å². The molecule has 1 aliphatic heterocycles. The van der Waals surface area contributed by atoms with Gasteiger partial charge >= 0.3 is 0 Å². The molecule has 0 aromatic carbocycles. The number of carbonyl (C=O) groups is 2. The Kier molecular flexibility index (Phi) is 7.08. The molecule has 0 spiro atoms. The van der Waals surface area contributed by atoms with Gasteiger partial charge in [-0.3, -0.25) is 14.5 Å². The van der Waals surface area contributed by atoms with Crippen LogP contribution in [0.15, 0.2) is 21.4 Å². The molecule has 2 N–H and O–H groups in total. The van der Waals surface area contributed by atoms with Crippen LogP contribution in [0.2, 0.25) is 0 Å². The quantitative estimate of drug-likeness (QED) is 0.746. The van der Waals surface area contributed by atoms with Crippen LogP contribution in [0.25, 0.3) is 0 Å². The number of likely N-dealkylation sites (tertiary alicyclic amines) is 1.